The van der Waals surface area contributed by atoms with Gasteiger partial charge in [-0.3, -0.25) is 4.57 Å². The van der Waals surface area contributed by atoms with Crippen LogP contribution in [0.15, 0.2) is 59.9 Å². The van der Waals surface area contributed by atoms with Gasteiger partial charge in [-0.25, -0.2) is 9.97 Å². The van der Waals surface area contributed by atoms with Gasteiger partial charge in [-0.1, -0.05) is 42.1 Å². The zero-order valence-corrected chi connectivity index (χ0v) is 16.9. The van der Waals surface area contributed by atoms with Crippen LogP contribution in [-0.2, 0) is 5.75 Å². The standard InChI is InChI=1S/C22H19N7S/c23-20-15-6-2-4-8-18(15)25-19(26-20)12-30-22-28-27-21(29(22)13-9-10-13)16-11-24-17-7-3-1-5-14(16)17/h1-8,11,13,24H,9-10,12H2,(H2,23,25,26). The summed E-state index contributed by atoms with van der Waals surface area (Å²) in [5, 5.41) is 12.0. The molecule has 5 aromatic rings. The zero-order chi connectivity index (χ0) is 20.1. The molecule has 0 radical (unpaired) electrons. The van der Waals surface area contributed by atoms with Crippen LogP contribution in [0, 0.1) is 0 Å². The Bertz CT molecular complexity index is 1380. The van der Waals surface area contributed by atoms with Gasteiger partial charge >= 0.3 is 0 Å². The molecular formula is C22H19N7S. The predicted octanol–water partition coefficient (Wildman–Crippen LogP) is 4.58. The number of nitrogens with zero attached hydrogens (tertiary/aromatic N) is 5. The molecule has 2 aromatic carbocycles. The molecule has 1 fully saturated rings. The third kappa shape index (κ3) is 2.91. The minimum atomic E-state index is 0.453. The van der Waals surface area contributed by atoms with Crippen molar-refractivity contribution in [2.24, 2.45) is 0 Å². The van der Waals surface area contributed by atoms with E-state index in [9.17, 15) is 0 Å². The molecule has 0 unspecified atom stereocenters. The van der Waals surface area contributed by atoms with E-state index in [1.807, 2.05) is 36.5 Å². The van der Waals surface area contributed by atoms with Gasteiger partial charge in [0.2, 0.25) is 0 Å². The number of H-pyrrole nitrogens is 1. The Morgan fingerprint density at radius 1 is 1.00 bits per heavy atom. The van der Waals surface area contributed by atoms with E-state index in [4.69, 9.17) is 5.73 Å². The molecule has 0 amide bonds. The Kier molecular flexibility index (Phi) is 3.98. The number of aromatic nitrogens is 6. The highest BCUT2D eigenvalue weighted by molar-refractivity contribution is 7.98. The number of benzene rings is 2. The summed E-state index contributed by atoms with van der Waals surface area (Å²) in [4.78, 5) is 12.5. The lowest BCUT2D eigenvalue weighted by Gasteiger charge is -2.09. The molecule has 30 heavy (non-hydrogen) atoms. The summed E-state index contributed by atoms with van der Waals surface area (Å²) >= 11 is 1.61. The van der Waals surface area contributed by atoms with Crippen molar-refractivity contribution >= 4 is 39.4 Å². The number of nitrogen functional groups attached to an aromatic ring is 1. The Morgan fingerprint density at radius 3 is 2.67 bits per heavy atom. The number of nitrogens with two attached hydrogens (primary N) is 1. The molecule has 3 aromatic heterocycles. The van der Waals surface area contributed by atoms with Crippen LogP contribution in [0.3, 0.4) is 0 Å². The molecule has 1 aliphatic rings. The molecule has 0 spiro atoms. The fourth-order valence-electron chi connectivity index (χ4n) is 3.82. The highest BCUT2D eigenvalue weighted by Gasteiger charge is 2.31. The van der Waals surface area contributed by atoms with E-state index in [0.29, 0.717) is 23.4 Å². The van der Waals surface area contributed by atoms with E-state index < -0.39 is 0 Å². The third-order valence-electron chi connectivity index (χ3n) is 5.42. The van der Waals surface area contributed by atoms with E-state index in [-0.39, 0.29) is 0 Å². The predicted molar refractivity (Wildman–Crippen MR) is 119 cm³/mol. The molecule has 0 bridgehead atoms. The monoisotopic (exact) mass is 413 g/mol. The quantitative estimate of drug-likeness (QED) is 0.409. The van der Waals surface area contributed by atoms with Gasteiger partial charge in [0, 0.05) is 34.1 Å². The molecule has 0 atom stereocenters. The van der Waals surface area contributed by atoms with Crippen LogP contribution in [0.5, 0.6) is 0 Å². The fraction of sp³-hybridized carbons (Fsp3) is 0.182. The number of para-hydroxylation sites is 2. The van der Waals surface area contributed by atoms with Crippen molar-refractivity contribution in [2.45, 2.75) is 29.8 Å². The Hall–Kier alpha value is -3.39. The second-order valence-corrected chi connectivity index (χ2v) is 8.43. The molecular weight excluding hydrogens is 394 g/mol. The maximum absolute atomic E-state index is 6.14. The first-order chi connectivity index (χ1) is 14.8. The van der Waals surface area contributed by atoms with Crippen LogP contribution >= 0.6 is 11.8 Å². The molecule has 0 saturated heterocycles. The number of anilines is 1. The van der Waals surface area contributed by atoms with Crippen LogP contribution in [0.2, 0.25) is 0 Å². The Labute approximate surface area is 176 Å². The van der Waals surface area contributed by atoms with Gasteiger partial charge in [-0.15, -0.1) is 10.2 Å². The van der Waals surface area contributed by atoms with Crippen molar-refractivity contribution in [3.63, 3.8) is 0 Å². The smallest absolute Gasteiger partial charge is 0.192 e. The van der Waals surface area contributed by atoms with Crippen LogP contribution in [0.25, 0.3) is 33.2 Å². The first kappa shape index (κ1) is 17.5. The maximum atomic E-state index is 6.14. The summed E-state index contributed by atoms with van der Waals surface area (Å²) in [6.07, 6.45) is 4.33. The molecule has 3 N–H and O–H groups in total. The summed E-state index contributed by atoms with van der Waals surface area (Å²) in [5.41, 5.74) is 9.19. The van der Waals surface area contributed by atoms with E-state index in [0.717, 1.165) is 51.2 Å². The van der Waals surface area contributed by atoms with E-state index in [2.05, 4.69) is 47.9 Å². The van der Waals surface area contributed by atoms with Crippen LogP contribution < -0.4 is 5.73 Å². The first-order valence-corrected chi connectivity index (χ1v) is 10.9. The average Bonchev–Trinajstić information content (AvgIpc) is 3.38. The number of nitrogens with one attached hydrogen (secondary N) is 1. The lowest BCUT2D eigenvalue weighted by molar-refractivity contribution is 0.669. The minimum absolute atomic E-state index is 0.453. The summed E-state index contributed by atoms with van der Waals surface area (Å²) in [5.74, 6) is 2.72. The van der Waals surface area contributed by atoms with Crippen molar-refractivity contribution in [2.75, 3.05) is 5.73 Å². The minimum Gasteiger partial charge on any atom is -0.383 e. The Morgan fingerprint density at radius 2 is 1.80 bits per heavy atom. The maximum Gasteiger partial charge on any atom is 0.192 e. The summed E-state index contributed by atoms with van der Waals surface area (Å²) in [6.45, 7) is 0. The number of rotatable bonds is 5. The molecule has 3 heterocycles. The van der Waals surface area contributed by atoms with Crippen LogP contribution in [0.4, 0.5) is 5.82 Å². The highest BCUT2D eigenvalue weighted by Crippen LogP contribution is 2.42. The van der Waals surface area contributed by atoms with Gasteiger partial charge in [0.05, 0.1) is 11.3 Å². The molecule has 1 saturated carbocycles. The lowest BCUT2D eigenvalue weighted by Crippen LogP contribution is -2.02. The average molecular weight is 414 g/mol. The lowest BCUT2D eigenvalue weighted by atomic mass is 10.1. The van der Waals surface area contributed by atoms with Gasteiger partial charge in [-0.2, -0.15) is 0 Å². The van der Waals surface area contributed by atoms with Gasteiger partial charge in [0.25, 0.3) is 0 Å². The summed E-state index contributed by atoms with van der Waals surface area (Å²) < 4.78 is 2.27. The van der Waals surface area contributed by atoms with Crippen molar-refractivity contribution in [1.82, 2.24) is 29.7 Å². The first-order valence-electron chi connectivity index (χ1n) is 9.93. The summed E-state index contributed by atoms with van der Waals surface area (Å²) in [7, 11) is 0. The van der Waals surface area contributed by atoms with Gasteiger partial charge < -0.3 is 10.7 Å². The van der Waals surface area contributed by atoms with Crippen LogP contribution in [-0.4, -0.2) is 29.7 Å². The number of hydrogen-bond acceptors (Lipinski definition) is 6. The topological polar surface area (TPSA) is 98.3 Å². The van der Waals surface area contributed by atoms with E-state index >= 15 is 0 Å². The SMILES string of the molecule is Nc1nc(CSc2nnc(-c3c[nH]c4ccccc34)n2C2CC2)nc2ccccc12. The normalized spacial score (nSPS) is 14.0. The van der Waals surface area contributed by atoms with Crippen molar-refractivity contribution in [3.05, 3.63) is 60.6 Å². The van der Waals surface area contributed by atoms with Gasteiger partial charge in [0.15, 0.2) is 11.0 Å². The second kappa shape index (κ2) is 6.84. The highest BCUT2D eigenvalue weighted by atomic mass is 32.2. The molecule has 1 aliphatic carbocycles. The summed E-state index contributed by atoms with van der Waals surface area (Å²) in [6, 6.07) is 16.5. The van der Waals surface area contributed by atoms with Crippen molar-refractivity contribution in [1.29, 1.82) is 0 Å². The Balaban J connectivity index is 1.34. The number of aromatic amines is 1. The number of hydrogen-bond donors (Lipinski definition) is 2. The second-order valence-electron chi connectivity index (χ2n) is 7.49. The molecule has 7 nitrogen and oxygen atoms in total. The molecule has 148 valence electrons. The van der Waals surface area contributed by atoms with Crippen LogP contribution in [0.1, 0.15) is 24.7 Å². The molecule has 0 aliphatic heterocycles. The largest absolute Gasteiger partial charge is 0.383 e. The fourth-order valence-corrected chi connectivity index (χ4v) is 4.68. The van der Waals surface area contributed by atoms with Gasteiger partial charge in [0.1, 0.15) is 11.6 Å². The van der Waals surface area contributed by atoms with E-state index in [1.165, 1.54) is 0 Å². The number of fused-ring (bicyclic) bond motifs is 2. The molecule has 8 heteroatoms. The zero-order valence-electron chi connectivity index (χ0n) is 16.1. The van der Waals surface area contributed by atoms with E-state index in [1.54, 1.807) is 11.8 Å². The van der Waals surface area contributed by atoms with Gasteiger partial charge in [-0.05, 0) is 31.0 Å². The van der Waals surface area contributed by atoms with Crippen molar-refractivity contribution < 1.29 is 0 Å². The third-order valence-corrected chi connectivity index (χ3v) is 6.36. The number of thioether (sulfide) groups is 1. The van der Waals surface area contributed by atoms with Crippen molar-refractivity contribution in [3.8, 4) is 11.4 Å². The molecule has 6 rings (SSSR count).